The zero-order valence-corrected chi connectivity index (χ0v) is 12.1. The fourth-order valence-corrected chi connectivity index (χ4v) is 2.35. The fraction of sp³-hybridized carbons (Fsp3) is 0.214. The molecule has 1 aromatic carbocycles. The molecule has 0 saturated carbocycles. The van der Waals surface area contributed by atoms with Gasteiger partial charge >= 0.3 is 12.1 Å². The molecule has 2 rings (SSSR count). The number of hydrogen-bond donors (Lipinski definition) is 2. The van der Waals surface area contributed by atoms with Crippen LogP contribution in [0.2, 0.25) is 0 Å². The number of thiazole rings is 1. The van der Waals surface area contributed by atoms with Crippen molar-refractivity contribution in [1.29, 1.82) is 0 Å². The molecule has 0 bridgehead atoms. The van der Waals surface area contributed by atoms with Gasteiger partial charge in [0.05, 0.1) is 12.2 Å². The topological polar surface area (TPSA) is 88.5 Å². The van der Waals surface area contributed by atoms with Gasteiger partial charge in [-0.15, -0.1) is 11.3 Å². The summed E-state index contributed by atoms with van der Waals surface area (Å²) in [6, 6.07) is 8.91. The minimum Gasteiger partial charge on any atom is -0.477 e. The number of ether oxygens (including phenoxy) is 1. The number of alkyl carbamates (subject to hydrolysis) is 1. The van der Waals surface area contributed by atoms with Crippen molar-refractivity contribution in [2.45, 2.75) is 19.6 Å². The first-order valence-corrected chi connectivity index (χ1v) is 7.04. The van der Waals surface area contributed by atoms with E-state index >= 15 is 0 Å². The number of aromatic carboxylic acids is 1. The maximum atomic E-state index is 11.7. The normalized spacial score (nSPS) is 11.7. The third kappa shape index (κ3) is 4.28. The van der Waals surface area contributed by atoms with Crippen LogP contribution in [0.1, 0.15) is 33.2 Å². The molecule has 6 nitrogen and oxygen atoms in total. The van der Waals surface area contributed by atoms with Crippen LogP contribution in [-0.2, 0) is 11.3 Å². The molecule has 1 amide bonds. The van der Waals surface area contributed by atoms with Gasteiger partial charge in [-0.1, -0.05) is 30.3 Å². The molecule has 2 N–H and O–H groups in total. The van der Waals surface area contributed by atoms with Gasteiger partial charge < -0.3 is 15.2 Å². The highest BCUT2D eigenvalue weighted by Crippen LogP contribution is 2.19. The number of carboxylic acid groups (broad SMARTS) is 1. The van der Waals surface area contributed by atoms with Gasteiger partial charge in [-0.2, -0.15) is 0 Å². The minimum absolute atomic E-state index is 0.135. The van der Waals surface area contributed by atoms with E-state index in [0.29, 0.717) is 5.01 Å². The van der Waals surface area contributed by atoms with E-state index in [9.17, 15) is 9.59 Å². The van der Waals surface area contributed by atoms with Crippen molar-refractivity contribution in [3.8, 4) is 0 Å². The quantitative estimate of drug-likeness (QED) is 0.886. The molecule has 0 fully saturated rings. The largest absolute Gasteiger partial charge is 0.477 e. The molecule has 7 heteroatoms. The van der Waals surface area contributed by atoms with Crippen LogP contribution in [0.15, 0.2) is 36.5 Å². The van der Waals surface area contributed by atoms with E-state index in [0.717, 1.165) is 16.9 Å². The minimum atomic E-state index is -1.03. The van der Waals surface area contributed by atoms with E-state index in [4.69, 9.17) is 9.84 Å². The molecule has 1 unspecified atom stereocenters. The average molecular weight is 306 g/mol. The van der Waals surface area contributed by atoms with Gasteiger partial charge in [-0.3, -0.25) is 0 Å². The van der Waals surface area contributed by atoms with E-state index < -0.39 is 18.1 Å². The second-order valence-electron chi connectivity index (χ2n) is 4.30. The van der Waals surface area contributed by atoms with Crippen molar-refractivity contribution in [2.75, 3.05) is 0 Å². The van der Waals surface area contributed by atoms with Crippen molar-refractivity contribution < 1.29 is 19.4 Å². The van der Waals surface area contributed by atoms with Crippen molar-refractivity contribution >= 4 is 23.4 Å². The van der Waals surface area contributed by atoms with Crippen LogP contribution >= 0.6 is 11.3 Å². The molecule has 110 valence electrons. The van der Waals surface area contributed by atoms with E-state index in [2.05, 4.69) is 10.3 Å². The summed E-state index contributed by atoms with van der Waals surface area (Å²) >= 11 is 1.02. The Morgan fingerprint density at radius 2 is 2.10 bits per heavy atom. The zero-order valence-electron chi connectivity index (χ0n) is 11.3. The van der Waals surface area contributed by atoms with E-state index in [1.807, 2.05) is 30.3 Å². The number of nitrogens with one attached hydrogen (secondary N) is 1. The van der Waals surface area contributed by atoms with Crippen LogP contribution in [0.25, 0.3) is 0 Å². The second kappa shape index (κ2) is 6.85. The summed E-state index contributed by atoms with van der Waals surface area (Å²) in [4.78, 5) is 26.6. The average Bonchev–Trinajstić information content (AvgIpc) is 2.96. The molecule has 0 aliphatic rings. The van der Waals surface area contributed by atoms with Gasteiger partial charge in [0.2, 0.25) is 0 Å². The van der Waals surface area contributed by atoms with Gasteiger partial charge in [-0.05, 0) is 12.5 Å². The Labute approximate surface area is 125 Å². The molecule has 2 aromatic rings. The number of hydrogen-bond acceptors (Lipinski definition) is 5. The highest BCUT2D eigenvalue weighted by molar-refractivity contribution is 7.13. The second-order valence-corrected chi connectivity index (χ2v) is 5.36. The molecule has 1 aromatic heterocycles. The SMILES string of the molecule is CC(NC(=O)OCc1ccccc1)c1ncc(C(=O)O)s1. The number of amides is 1. The molecule has 21 heavy (non-hydrogen) atoms. The molecule has 1 heterocycles. The summed E-state index contributed by atoms with van der Waals surface area (Å²) < 4.78 is 5.08. The summed E-state index contributed by atoms with van der Waals surface area (Å²) in [7, 11) is 0. The van der Waals surface area contributed by atoms with Gasteiger partial charge in [0, 0.05) is 0 Å². The number of aromatic nitrogens is 1. The van der Waals surface area contributed by atoms with Gasteiger partial charge in [0.25, 0.3) is 0 Å². The monoisotopic (exact) mass is 306 g/mol. The Kier molecular flexibility index (Phi) is 4.89. The Hall–Kier alpha value is -2.41. The summed E-state index contributed by atoms with van der Waals surface area (Å²) in [6.45, 7) is 1.89. The zero-order chi connectivity index (χ0) is 15.2. The lowest BCUT2D eigenvalue weighted by atomic mass is 10.2. The van der Waals surface area contributed by atoms with Crippen molar-refractivity contribution in [3.05, 3.63) is 52.0 Å². The van der Waals surface area contributed by atoms with E-state index in [1.54, 1.807) is 6.92 Å². The summed E-state index contributed by atoms with van der Waals surface area (Å²) in [6.07, 6.45) is 0.703. The molecule has 0 saturated heterocycles. The first-order valence-electron chi connectivity index (χ1n) is 6.22. The van der Waals surface area contributed by atoms with E-state index in [1.165, 1.54) is 6.20 Å². The number of benzene rings is 1. The van der Waals surface area contributed by atoms with Crippen LogP contribution in [-0.4, -0.2) is 22.2 Å². The Morgan fingerprint density at radius 3 is 2.71 bits per heavy atom. The molecule has 0 aliphatic heterocycles. The lowest BCUT2D eigenvalue weighted by Gasteiger charge is -2.11. The lowest BCUT2D eigenvalue weighted by molar-refractivity contribution is 0.0702. The van der Waals surface area contributed by atoms with Crippen LogP contribution < -0.4 is 5.32 Å². The van der Waals surface area contributed by atoms with Crippen molar-refractivity contribution in [2.24, 2.45) is 0 Å². The predicted octanol–water partition coefficient (Wildman–Crippen LogP) is 2.83. The van der Waals surface area contributed by atoms with Gasteiger partial charge in [0.15, 0.2) is 0 Å². The van der Waals surface area contributed by atoms with E-state index in [-0.39, 0.29) is 11.5 Å². The molecule has 1 atom stereocenters. The molecule has 0 aliphatic carbocycles. The third-order valence-electron chi connectivity index (χ3n) is 2.65. The Bertz CT molecular complexity index is 627. The first-order chi connectivity index (χ1) is 10.1. The van der Waals surface area contributed by atoms with Crippen LogP contribution in [0.5, 0.6) is 0 Å². The van der Waals surface area contributed by atoms with Gasteiger partial charge in [-0.25, -0.2) is 14.6 Å². The van der Waals surface area contributed by atoms with Crippen LogP contribution in [0.4, 0.5) is 4.79 Å². The number of carboxylic acids is 1. The van der Waals surface area contributed by atoms with Crippen molar-refractivity contribution in [1.82, 2.24) is 10.3 Å². The van der Waals surface area contributed by atoms with Crippen LogP contribution in [0.3, 0.4) is 0 Å². The number of nitrogens with zero attached hydrogens (tertiary/aromatic N) is 1. The first kappa shape index (κ1) is 15.0. The highest BCUT2D eigenvalue weighted by atomic mass is 32.1. The summed E-state index contributed by atoms with van der Waals surface area (Å²) in [5.41, 5.74) is 0.891. The Morgan fingerprint density at radius 1 is 1.38 bits per heavy atom. The molecule has 0 spiro atoms. The maximum Gasteiger partial charge on any atom is 0.408 e. The molecular formula is C14H14N2O4S. The third-order valence-corrected chi connectivity index (χ3v) is 3.82. The lowest BCUT2D eigenvalue weighted by Crippen LogP contribution is -2.27. The predicted molar refractivity (Wildman–Crippen MR) is 77.3 cm³/mol. The van der Waals surface area contributed by atoms with Crippen LogP contribution in [0, 0.1) is 0 Å². The highest BCUT2D eigenvalue weighted by Gasteiger charge is 2.16. The maximum absolute atomic E-state index is 11.7. The Balaban J connectivity index is 1.85. The summed E-state index contributed by atoms with van der Waals surface area (Å²) in [5, 5.41) is 12.0. The standard InChI is InChI=1S/C14H14N2O4S/c1-9(12-15-7-11(21-12)13(17)18)16-14(19)20-8-10-5-3-2-4-6-10/h2-7,9H,8H2,1H3,(H,16,19)(H,17,18). The molecular weight excluding hydrogens is 292 g/mol. The van der Waals surface area contributed by atoms with Crippen molar-refractivity contribution in [3.63, 3.8) is 0 Å². The number of carbonyl (C=O) groups is 2. The summed E-state index contributed by atoms with van der Waals surface area (Å²) in [5.74, 6) is -1.03. The number of carbonyl (C=O) groups excluding carboxylic acids is 1. The smallest absolute Gasteiger partial charge is 0.408 e. The molecule has 0 radical (unpaired) electrons. The number of rotatable bonds is 5. The van der Waals surface area contributed by atoms with Gasteiger partial charge in [0.1, 0.15) is 16.5 Å². The fourth-order valence-electron chi connectivity index (χ4n) is 1.59.